The Morgan fingerprint density at radius 2 is 1.89 bits per heavy atom. The Kier molecular flexibility index (Phi) is 5.59. The average Bonchev–Trinajstić information content (AvgIpc) is 3.03. The van der Waals surface area contributed by atoms with Crippen LogP contribution in [0.4, 0.5) is 0 Å². The van der Waals surface area contributed by atoms with E-state index >= 15 is 0 Å². The number of para-hydroxylation sites is 2. The molecule has 0 atom stereocenters. The molecule has 1 aliphatic heterocycles. The summed E-state index contributed by atoms with van der Waals surface area (Å²) in [7, 11) is 0. The largest absolute Gasteiger partial charge is 0.419 e. The number of aryl methyl sites for hydroxylation is 1. The molecule has 1 saturated heterocycles. The van der Waals surface area contributed by atoms with Gasteiger partial charge in [0.25, 0.3) is 0 Å². The number of oxazole rings is 1. The summed E-state index contributed by atoms with van der Waals surface area (Å²) in [5, 5.41) is 6.56. The molecule has 0 radical (unpaired) electrons. The lowest BCUT2D eigenvalue weighted by atomic mass is 9.89. The van der Waals surface area contributed by atoms with Crippen molar-refractivity contribution in [1.29, 1.82) is 0 Å². The van der Waals surface area contributed by atoms with Gasteiger partial charge in [0.05, 0.1) is 5.52 Å². The maximum atomic E-state index is 12.4. The number of hydrogen-bond acceptors (Lipinski definition) is 5. The molecule has 2 aliphatic rings. The molecule has 1 aromatic carbocycles. The zero-order valence-electron chi connectivity index (χ0n) is 15.7. The normalized spacial score (nSPS) is 24.1. The molecule has 146 valence electrons. The van der Waals surface area contributed by atoms with Gasteiger partial charge in [-0.25, -0.2) is 4.79 Å². The van der Waals surface area contributed by atoms with Gasteiger partial charge < -0.3 is 15.1 Å². The summed E-state index contributed by atoms with van der Waals surface area (Å²) < 4.78 is 6.76. The van der Waals surface area contributed by atoms with Crippen LogP contribution < -0.4 is 16.4 Å². The fourth-order valence-corrected chi connectivity index (χ4v) is 4.37. The molecule has 7 nitrogen and oxygen atoms in total. The Balaban J connectivity index is 1.25. The topological polar surface area (TPSA) is 79.5 Å². The molecule has 1 aliphatic carbocycles. The van der Waals surface area contributed by atoms with Crippen LogP contribution in [0.5, 0.6) is 0 Å². The van der Waals surface area contributed by atoms with Crippen LogP contribution in [0, 0.1) is 0 Å². The molecule has 7 heteroatoms. The minimum Gasteiger partial charge on any atom is -0.408 e. The van der Waals surface area contributed by atoms with Gasteiger partial charge in [-0.05, 0) is 37.8 Å². The Morgan fingerprint density at radius 1 is 1.15 bits per heavy atom. The molecular formula is C20H28N4O3. The molecule has 0 bridgehead atoms. The van der Waals surface area contributed by atoms with E-state index in [-0.39, 0.29) is 11.9 Å². The van der Waals surface area contributed by atoms with Crippen molar-refractivity contribution < 1.29 is 9.21 Å². The third-order valence-electron chi connectivity index (χ3n) is 5.87. The van der Waals surface area contributed by atoms with E-state index in [1.807, 2.05) is 18.2 Å². The van der Waals surface area contributed by atoms with Crippen LogP contribution in [-0.2, 0) is 11.3 Å². The summed E-state index contributed by atoms with van der Waals surface area (Å²) >= 11 is 0. The van der Waals surface area contributed by atoms with Crippen molar-refractivity contribution in [2.45, 2.75) is 50.7 Å². The number of piperazine rings is 1. The Labute approximate surface area is 158 Å². The monoisotopic (exact) mass is 372 g/mol. The molecule has 4 rings (SSSR count). The van der Waals surface area contributed by atoms with Gasteiger partial charge >= 0.3 is 5.76 Å². The van der Waals surface area contributed by atoms with Crippen LogP contribution in [-0.4, -0.2) is 53.6 Å². The van der Waals surface area contributed by atoms with E-state index in [0.717, 1.165) is 57.4 Å². The van der Waals surface area contributed by atoms with Crippen LogP contribution in [0.25, 0.3) is 11.1 Å². The predicted octanol–water partition coefficient (Wildman–Crippen LogP) is 1.32. The van der Waals surface area contributed by atoms with Gasteiger partial charge in [0.2, 0.25) is 5.91 Å². The molecule has 27 heavy (non-hydrogen) atoms. The number of amides is 1. The molecule has 2 heterocycles. The second-order valence-corrected chi connectivity index (χ2v) is 7.60. The smallest absolute Gasteiger partial charge is 0.408 e. The van der Waals surface area contributed by atoms with Gasteiger partial charge in [-0.15, -0.1) is 0 Å². The van der Waals surface area contributed by atoms with Gasteiger partial charge in [-0.2, -0.15) is 0 Å². The number of hydrogen-bond donors (Lipinski definition) is 2. The molecule has 0 spiro atoms. The number of rotatable bonds is 5. The molecule has 0 unspecified atom stereocenters. The fraction of sp³-hybridized carbons (Fsp3) is 0.600. The predicted molar refractivity (Wildman–Crippen MR) is 104 cm³/mol. The second kappa shape index (κ2) is 8.27. The summed E-state index contributed by atoms with van der Waals surface area (Å²) in [6.45, 7) is 4.78. The van der Waals surface area contributed by atoms with E-state index in [0.29, 0.717) is 24.6 Å². The van der Waals surface area contributed by atoms with E-state index in [1.165, 1.54) is 4.57 Å². The van der Waals surface area contributed by atoms with Crippen molar-refractivity contribution in [2.24, 2.45) is 0 Å². The lowest BCUT2D eigenvalue weighted by molar-refractivity contribution is -0.122. The van der Waals surface area contributed by atoms with Gasteiger partial charge in [-0.3, -0.25) is 14.3 Å². The Bertz CT molecular complexity index is 829. The highest BCUT2D eigenvalue weighted by Gasteiger charge is 2.27. The van der Waals surface area contributed by atoms with Gasteiger partial charge in [0.1, 0.15) is 0 Å². The summed E-state index contributed by atoms with van der Waals surface area (Å²) in [5.74, 6) is -0.390. The van der Waals surface area contributed by atoms with Crippen molar-refractivity contribution in [3.8, 4) is 0 Å². The number of carbonyl (C=O) groups is 1. The summed E-state index contributed by atoms with van der Waals surface area (Å²) in [6.07, 6.45) is 4.67. The third kappa shape index (κ3) is 4.25. The lowest BCUT2D eigenvalue weighted by Crippen LogP contribution is -2.50. The first-order valence-corrected chi connectivity index (χ1v) is 10.0. The number of benzene rings is 1. The molecule has 1 saturated carbocycles. The van der Waals surface area contributed by atoms with E-state index in [2.05, 4.69) is 15.5 Å². The first-order valence-electron chi connectivity index (χ1n) is 10.0. The standard InChI is InChI=1S/C20H28N4O3/c25-19(9-12-24-17-3-1-2-4-18(17)27-20(24)26)22-15-5-7-16(8-6-15)23-13-10-21-11-14-23/h1-4,15-16,21H,5-14H2,(H,22,25). The lowest BCUT2D eigenvalue weighted by Gasteiger charge is -2.39. The first-order chi connectivity index (χ1) is 13.2. The van der Waals surface area contributed by atoms with E-state index < -0.39 is 5.76 Å². The number of nitrogens with one attached hydrogen (secondary N) is 2. The molecule has 1 aromatic heterocycles. The van der Waals surface area contributed by atoms with Crippen LogP contribution in [0.2, 0.25) is 0 Å². The summed E-state index contributed by atoms with van der Waals surface area (Å²) in [4.78, 5) is 26.9. The Hall–Kier alpha value is -2.12. The van der Waals surface area contributed by atoms with Gasteiger partial charge in [0, 0.05) is 51.2 Å². The number of carbonyl (C=O) groups excluding carboxylic acids is 1. The van der Waals surface area contributed by atoms with Crippen LogP contribution in [0.15, 0.2) is 33.5 Å². The highest BCUT2D eigenvalue weighted by Crippen LogP contribution is 2.23. The molecule has 2 aromatic rings. The minimum atomic E-state index is -0.402. The third-order valence-corrected chi connectivity index (χ3v) is 5.87. The quantitative estimate of drug-likeness (QED) is 0.828. The molecule has 2 fully saturated rings. The minimum absolute atomic E-state index is 0.0119. The molecule has 1 amide bonds. The SMILES string of the molecule is O=C(CCn1c(=O)oc2ccccc21)NC1CCC(N2CCNCC2)CC1. The van der Waals surface area contributed by atoms with Crippen molar-refractivity contribution in [3.05, 3.63) is 34.8 Å². The van der Waals surface area contributed by atoms with Crippen LogP contribution >= 0.6 is 0 Å². The number of aromatic nitrogens is 1. The van der Waals surface area contributed by atoms with Crippen LogP contribution in [0.3, 0.4) is 0 Å². The maximum Gasteiger partial charge on any atom is 0.419 e. The van der Waals surface area contributed by atoms with E-state index in [9.17, 15) is 9.59 Å². The summed E-state index contributed by atoms with van der Waals surface area (Å²) in [6, 6.07) is 8.23. The second-order valence-electron chi connectivity index (χ2n) is 7.60. The molecular weight excluding hydrogens is 344 g/mol. The zero-order chi connectivity index (χ0) is 18.6. The number of fused-ring (bicyclic) bond motifs is 1. The molecule has 2 N–H and O–H groups in total. The highest BCUT2D eigenvalue weighted by atomic mass is 16.4. The van der Waals surface area contributed by atoms with E-state index in [1.54, 1.807) is 6.07 Å². The summed E-state index contributed by atoms with van der Waals surface area (Å²) in [5.41, 5.74) is 1.31. The van der Waals surface area contributed by atoms with Crippen LogP contribution in [0.1, 0.15) is 32.1 Å². The van der Waals surface area contributed by atoms with Crippen molar-refractivity contribution >= 4 is 17.0 Å². The van der Waals surface area contributed by atoms with E-state index in [4.69, 9.17) is 4.42 Å². The van der Waals surface area contributed by atoms with Crippen molar-refractivity contribution in [3.63, 3.8) is 0 Å². The first kappa shape index (κ1) is 18.3. The van der Waals surface area contributed by atoms with Gasteiger partial charge in [-0.1, -0.05) is 12.1 Å². The Morgan fingerprint density at radius 3 is 2.67 bits per heavy atom. The average molecular weight is 372 g/mol. The number of nitrogens with zero attached hydrogens (tertiary/aromatic N) is 2. The maximum absolute atomic E-state index is 12.4. The highest BCUT2D eigenvalue weighted by molar-refractivity contribution is 5.77. The van der Waals surface area contributed by atoms with Gasteiger partial charge in [0.15, 0.2) is 5.58 Å². The fourth-order valence-electron chi connectivity index (χ4n) is 4.37. The zero-order valence-corrected chi connectivity index (χ0v) is 15.7. The van der Waals surface area contributed by atoms with Crippen molar-refractivity contribution in [2.75, 3.05) is 26.2 Å². The van der Waals surface area contributed by atoms with Crippen molar-refractivity contribution in [1.82, 2.24) is 20.1 Å².